The van der Waals surface area contributed by atoms with E-state index in [1.165, 1.54) is 12.0 Å². The zero-order valence-corrected chi connectivity index (χ0v) is 13.9. The third kappa shape index (κ3) is 4.97. The summed E-state index contributed by atoms with van der Waals surface area (Å²) in [7, 11) is 0. The molecule has 1 rings (SSSR count). The normalized spacial score (nSPS) is 24.4. The summed E-state index contributed by atoms with van der Waals surface area (Å²) in [5.74, 6) is 2.74. The van der Waals surface area contributed by atoms with Crippen molar-refractivity contribution in [2.75, 3.05) is 6.61 Å². The Bertz CT molecular complexity index is 341. The van der Waals surface area contributed by atoms with E-state index >= 15 is 0 Å². The highest BCUT2D eigenvalue weighted by molar-refractivity contribution is 5.29. The van der Waals surface area contributed by atoms with E-state index in [1.54, 1.807) is 0 Å². The number of hydrogen-bond donors (Lipinski definition) is 1. The quantitative estimate of drug-likeness (QED) is 0.698. The molecule has 116 valence electrons. The fourth-order valence-electron chi connectivity index (χ4n) is 2.64. The molecule has 1 aliphatic rings. The van der Waals surface area contributed by atoms with Crippen LogP contribution in [0.5, 0.6) is 0 Å². The molecule has 0 saturated carbocycles. The van der Waals surface area contributed by atoms with Crippen LogP contribution < -0.4 is 0 Å². The van der Waals surface area contributed by atoms with E-state index in [2.05, 4.69) is 46.8 Å². The van der Waals surface area contributed by atoms with Gasteiger partial charge in [0.25, 0.3) is 0 Å². The standard InChI is InChI=1S/C18H32O2/c1-6-16-11-10-14(4)15(5)18(16)20-17(12-19)9-7-8-13(2)3/h10-11,13-15,17,19H,6-9,12H2,1-5H3. The summed E-state index contributed by atoms with van der Waals surface area (Å²) >= 11 is 0. The molecule has 3 unspecified atom stereocenters. The fourth-order valence-corrected chi connectivity index (χ4v) is 2.64. The molecule has 3 atom stereocenters. The molecule has 0 aromatic heterocycles. The van der Waals surface area contributed by atoms with Gasteiger partial charge in [0.1, 0.15) is 11.9 Å². The molecule has 1 N–H and O–H groups in total. The van der Waals surface area contributed by atoms with Gasteiger partial charge in [-0.15, -0.1) is 0 Å². The minimum absolute atomic E-state index is 0.0496. The van der Waals surface area contributed by atoms with Crippen LogP contribution in [0.2, 0.25) is 0 Å². The Hall–Kier alpha value is -0.760. The van der Waals surface area contributed by atoms with Crippen LogP contribution in [0.3, 0.4) is 0 Å². The van der Waals surface area contributed by atoms with Crippen LogP contribution in [0.15, 0.2) is 23.5 Å². The number of allylic oxidation sites excluding steroid dienone is 4. The van der Waals surface area contributed by atoms with E-state index in [0.717, 1.165) is 30.9 Å². The van der Waals surface area contributed by atoms with E-state index in [4.69, 9.17) is 4.74 Å². The second kappa shape index (κ2) is 8.51. The molecule has 0 aliphatic heterocycles. The highest BCUT2D eigenvalue weighted by Crippen LogP contribution is 2.33. The fraction of sp³-hybridized carbons (Fsp3) is 0.778. The van der Waals surface area contributed by atoms with Gasteiger partial charge in [0.15, 0.2) is 0 Å². The van der Waals surface area contributed by atoms with Crippen LogP contribution >= 0.6 is 0 Å². The van der Waals surface area contributed by atoms with E-state index in [1.807, 2.05) is 0 Å². The van der Waals surface area contributed by atoms with E-state index < -0.39 is 0 Å². The third-order valence-electron chi connectivity index (χ3n) is 4.31. The molecule has 0 aromatic carbocycles. The molecule has 2 heteroatoms. The molecule has 0 aromatic rings. The lowest BCUT2D eigenvalue weighted by Gasteiger charge is -2.30. The maximum atomic E-state index is 9.57. The second-order valence-corrected chi connectivity index (χ2v) is 6.50. The van der Waals surface area contributed by atoms with Gasteiger partial charge in [-0.3, -0.25) is 0 Å². The predicted molar refractivity (Wildman–Crippen MR) is 85.4 cm³/mol. The summed E-state index contributed by atoms with van der Waals surface area (Å²) in [4.78, 5) is 0. The van der Waals surface area contributed by atoms with Crippen LogP contribution in [0.25, 0.3) is 0 Å². The molecule has 0 spiro atoms. The highest BCUT2D eigenvalue weighted by atomic mass is 16.5. The zero-order valence-electron chi connectivity index (χ0n) is 13.9. The average Bonchev–Trinajstić information content (AvgIpc) is 2.42. The third-order valence-corrected chi connectivity index (χ3v) is 4.31. The largest absolute Gasteiger partial charge is 0.492 e. The molecule has 0 amide bonds. The van der Waals surface area contributed by atoms with Crippen molar-refractivity contribution >= 4 is 0 Å². The maximum Gasteiger partial charge on any atom is 0.121 e. The second-order valence-electron chi connectivity index (χ2n) is 6.50. The van der Waals surface area contributed by atoms with Crippen LogP contribution in [-0.4, -0.2) is 17.8 Å². The molecular weight excluding hydrogens is 248 g/mol. The number of hydrogen-bond acceptors (Lipinski definition) is 2. The Morgan fingerprint density at radius 3 is 2.50 bits per heavy atom. The van der Waals surface area contributed by atoms with Crippen molar-refractivity contribution in [2.45, 2.75) is 66.4 Å². The topological polar surface area (TPSA) is 29.5 Å². The van der Waals surface area contributed by atoms with Gasteiger partial charge in [-0.1, -0.05) is 53.2 Å². The average molecular weight is 280 g/mol. The molecule has 0 heterocycles. The Morgan fingerprint density at radius 1 is 1.25 bits per heavy atom. The lowest BCUT2D eigenvalue weighted by molar-refractivity contribution is 0.0319. The number of aliphatic hydroxyl groups excluding tert-OH is 1. The van der Waals surface area contributed by atoms with E-state index in [0.29, 0.717) is 11.8 Å². The number of rotatable bonds is 8. The minimum atomic E-state index is -0.0496. The predicted octanol–water partition coefficient (Wildman–Crippen LogP) is 4.70. The van der Waals surface area contributed by atoms with Crippen LogP contribution in [-0.2, 0) is 4.74 Å². The van der Waals surface area contributed by atoms with E-state index in [9.17, 15) is 5.11 Å². The van der Waals surface area contributed by atoms with Crippen molar-refractivity contribution in [3.63, 3.8) is 0 Å². The first-order valence-corrected chi connectivity index (χ1v) is 8.18. The first kappa shape index (κ1) is 17.3. The molecule has 0 radical (unpaired) electrons. The van der Waals surface area contributed by atoms with Crippen molar-refractivity contribution in [1.82, 2.24) is 0 Å². The smallest absolute Gasteiger partial charge is 0.121 e. The Morgan fingerprint density at radius 2 is 1.95 bits per heavy atom. The van der Waals surface area contributed by atoms with Gasteiger partial charge < -0.3 is 9.84 Å². The summed E-state index contributed by atoms with van der Waals surface area (Å²) in [6.45, 7) is 11.2. The molecule has 2 nitrogen and oxygen atoms in total. The minimum Gasteiger partial charge on any atom is -0.492 e. The van der Waals surface area contributed by atoms with Crippen molar-refractivity contribution in [3.05, 3.63) is 23.5 Å². The number of ether oxygens (including phenoxy) is 1. The SMILES string of the molecule is CCC1=C(OC(CO)CCCC(C)C)C(C)C(C)C=C1. The maximum absolute atomic E-state index is 9.57. The van der Waals surface area contributed by atoms with Crippen LogP contribution in [0.4, 0.5) is 0 Å². The Balaban J connectivity index is 2.66. The zero-order chi connectivity index (χ0) is 15.1. The van der Waals surface area contributed by atoms with Crippen LogP contribution in [0, 0.1) is 17.8 Å². The van der Waals surface area contributed by atoms with Gasteiger partial charge in [-0.05, 0) is 36.7 Å². The Labute approximate surface area is 124 Å². The molecule has 1 aliphatic carbocycles. The lowest BCUT2D eigenvalue weighted by atomic mass is 9.85. The van der Waals surface area contributed by atoms with Crippen molar-refractivity contribution in [2.24, 2.45) is 17.8 Å². The summed E-state index contributed by atoms with van der Waals surface area (Å²) in [5, 5.41) is 9.57. The van der Waals surface area contributed by atoms with Crippen LogP contribution in [0.1, 0.15) is 60.3 Å². The summed E-state index contributed by atoms with van der Waals surface area (Å²) in [6.07, 6.45) is 8.67. The molecular formula is C18H32O2. The van der Waals surface area contributed by atoms with Gasteiger partial charge in [-0.2, -0.15) is 0 Å². The summed E-state index contributed by atoms with van der Waals surface area (Å²) in [5.41, 5.74) is 1.29. The summed E-state index contributed by atoms with van der Waals surface area (Å²) in [6, 6.07) is 0. The van der Waals surface area contributed by atoms with E-state index in [-0.39, 0.29) is 12.7 Å². The molecule has 20 heavy (non-hydrogen) atoms. The summed E-state index contributed by atoms with van der Waals surface area (Å²) < 4.78 is 6.19. The molecule has 0 fully saturated rings. The van der Waals surface area contributed by atoms with Gasteiger partial charge >= 0.3 is 0 Å². The number of aliphatic hydroxyl groups is 1. The lowest BCUT2D eigenvalue weighted by Crippen LogP contribution is -2.24. The first-order chi connectivity index (χ1) is 9.49. The van der Waals surface area contributed by atoms with Crippen molar-refractivity contribution in [1.29, 1.82) is 0 Å². The van der Waals surface area contributed by atoms with Crippen molar-refractivity contribution in [3.8, 4) is 0 Å². The van der Waals surface area contributed by atoms with Gasteiger partial charge in [-0.25, -0.2) is 0 Å². The van der Waals surface area contributed by atoms with Gasteiger partial charge in [0, 0.05) is 5.92 Å². The molecule has 0 bridgehead atoms. The van der Waals surface area contributed by atoms with Gasteiger partial charge in [0.05, 0.1) is 6.61 Å². The Kier molecular flexibility index (Phi) is 7.36. The highest BCUT2D eigenvalue weighted by Gasteiger charge is 2.24. The molecule has 0 saturated heterocycles. The van der Waals surface area contributed by atoms with Gasteiger partial charge in [0.2, 0.25) is 0 Å². The monoisotopic (exact) mass is 280 g/mol. The van der Waals surface area contributed by atoms with Crippen molar-refractivity contribution < 1.29 is 9.84 Å². The first-order valence-electron chi connectivity index (χ1n) is 8.18.